The highest BCUT2D eigenvalue weighted by molar-refractivity contribution is 5.58. The summed E-state index contributed by atoms with van der Waals surface area (Å²) in [6.45, 7) is 6.78. The molecular weight excluding hydrogens is 252 g/mol. The van der Waals surface area contributed by atoms with E-state index in [0.29, 0.717) is 24.2 Å². The molecule has 2 atom stereocenters. The van der Waals surface area contributed by atoms with Gasteiger partial charge in [-0.05, 0) is 18.4 Å². The molecular formula is C15H20N4O. The van der Waals surface area contributed by atoms with Gasteiger partial charge >= 0.3 is 0 Å². The highest BCUT2D eigenvalue weighted by Crippen LogP contribution is 2.21. The van der Waals surface area contributed by atoms with Crippen molar-refractivity contribution in [3.8, 4) is 11.4 Å². The van der Waals surface area contributed by atoms with Gasteiger partial charge in [0, 0.05) is 24.7 Å². The lowest BCUT2D eigenvalue weighted by molar-refractivity contribution is 0.261. The van der Waals surface area contributed by atoms with Crippen molar-refractivity contribution in [1.29, 1.82) is 0 Å². The molecule has 0 radical (unpaired) electrons. The van der Waals surface area contributed by atoms with E-state index in [9.17, 15) is 0 Å². The van der Waals surface area contributed by atoms with E-state index < -0.39 is 0 Å². The van der Waals surface area contributed by atoms with Crippen LogP contribution in [0.1, 0.15) is 18.4 Å². The molecule has 1 aromatic heterocycles. The van der Waals surface area contributed by atoms with Gasteiger partial charge in [0.15, 0.2) is 0 Å². The molecule has 0 amide bonds. The van der Waals surface area contributed by atoms with Gasteiger partial charge in [0.2, 0.25) is 11.7 Å². The van der Waals surface area contributed by atoms with Crippen molar-refractivity contribution < 1.29 is 4.52 Å². The number of nitrogens with zero attached hydrogens (tertiary/aromatic N) is 3. The Labute approximate surface area is 118 Å². The molecule has 1 fully saturated rings. The summed E-state index contributed by atoms with van der Waals surface area (Å²) in [4.78, 5) is 6.76. The Morgan fingerprint density at radius 2 is 2.15 bits per heavy atom. The standard InChI is InChI=1S/C15H20N4O/c1-10-5-3-4-6-12(10)15-17-14(20-18-15)9-19-7-11(2)13(16)8-19/h3-6,11,13H,7-9,16H2,1-2H3. The normalized spacial score (nSPS) is 23.4. The van der Waals surface area contributed by atoms with Gasteiger partial charge in [-0.15, -0.1) is 0 Å². The van der Waals surface area contributed by atoms with Crippen molar-refractivity contribution in [2.75, 3.05) is 13.1 Å². The van der Waals surface area contributed by atoms with Crippen molar-refractivity contribution in [2.45, 2.75) is 26.4 Å². The van der Waals surface area contributed by atoms with Crippen LogP contribution < -0.4 is 5.73 Å². The van der Waals surface area contributed by atoms with Crippen molar-refractivity contribution in [3.05, 3.63) is 35.7 Å². The number of hydrogen-bond acceptors (Lipinski definition) is 5. The second kappa shape index (κ2) is 5.34. The molecule has 0 aliphatic carbocycles. The zero-order chi connectivity index (χ0) is 14.1. The Hall–Kier alpha value is -1.72. The van der Waals surface area contributed by atoms with Gasteiger partial charge in [0.1, 0.15) is 0 Å². The molecule has 1 saturated heterocycles. The third-order valence-electron chi connectivity index (χ3n) is 3.96. The SMILES string of the molecule is Cc1ccccc1-c1noc(CN2CC(C)C(N)C2)n1. The number of nitrogens with two attached hydrogens (primary N) is 1. The second-order valence-corrected chi connectivity index (χ2v) is 5.66. The average molecular weight is 272 g/mol. The average Bonchev–Trinajstić information content (AvgIpc) is 2.98. The summed E-state index contributed by atoms with van der Waals surface area (Å²) < 4.78 is 5.36. The molecule has 3 rings (SSSR count). The molecule has 5 heteroatoms. The number of hydrogen-bond donors (Lipinski definition) is 1. The van der Waals surface area contributed by atoms with Crippen molar-refractivity contribution in [3.63, 3.8) is 0 Å². The lowest BCUT2D eigenvalue weighted by atomic mass is 10.1. The maximum absolute atomic E-state index is 6.03. The Morgan fingerprint density at radius 1 is 1.35 bits per heavy atom. The smallest absolute Gasteiger partial charge is 0.241 e. The number of benzene rings is 1. The minimum absolute atomic E-state index is 0.244. The fraction of sp³-hybridized carbons (Fsp3) is 0.467. The fourth-order valence-electron chi connectivity index (χ4n) is 2.67. The maximum Gasteiger partial charge on any atom is 0.241 e. The Kier molecular flexibility index (Phi) is 3.54. The van der Waals surface area contributed by atoms with Crippen LogP contribution in [0, 0.1) is 12.8 Å². The number of aromatic nitrogens is 2. The largest absolute Gasteiger partial charge is 0.338 e. The zero-order valence-electron chi connectivity index (χ0n) is 11.9. The lowest BCUT2D eigenvalue weighted by Gasteiger charge is -2.11. The van der Waals surface area contributed by atoms with E-state index in [1.807, 2.05) is 31.2 Å². The number of rotatable bonds is 3. The molecule has 1 aliphatic rings. The molecule has 106 valence electrons. The van der Waals surface area contributed by atoms with Gasteiger partial charge in [0.25, 0.3) is 0 Å². The van der Waals surface area contributed by atoms with Crippen LogP contribution in [0.2, 0.25) is 0 Å². The molecule has 1 aromatic carbocycles. The molecule has 2 aromatic rings. The Bertz CT molecular complexity index is 585. The van der Waals surface area contributed by atoms with Crippen LogP contribution in [0.4, 0.5) is 0 Å². The number of aryl methyl sites for hydroxylation is 1. The number of likely N-dealkylation sites (tertiary alicyclic amines) is 1. The molecule has 2 heterocycles. The van der Waals surface area contributed by atoms with E-state index in [0.717, 1.165) is 24.2 Å². The summed E-state index contributed by atoms with van der Waals surface area (Å²) in [5.41, 5.74) is 8.20. The Balaban J connectivity index is 1.73. The predicted molar refractivity (Wildman–Crippen MR) is 76.9 cm³/mol. The fourth-order valence-corrected chi connectivity index (χ4v) is 2.67. The lowest BCUT2D eigenvalue weighted by Crippen LogP contribution is -2.28. The molecule has 5 nitrogen and oxygen atoms in total. The third-order valence-corrected chi connectivity index (χ3v) is 3.96. The molecule has 0 spiro atoms. The van der Waals surface area contributed by atoms with Gasteiger partial charge in [-0.3, -0.25) is 4.90 Å². The summed E-state index contributed by atoms with van der Waals surface area (Å²) in [6.07, 6.45) is 0. The van der Waals surface area contributed by atoms with Gasteiger partial charge in [-0.25, -0.2) is 0 Å². The van der Waals surface area contributed by atoms with Crippen molar-refractivity contribution >= 4 is 0 Å². The monoisotopic (exact) mass is 272 g/mol. The summed E-state index contributed by atoms with van der Waals surface area (Å²) in [7, 11) is 0. The molecule has 2 N–H and O–H groups in total. The van der Waals surface area contributed by atoms with E-state index in [-0.39, 0.29) is 6.04 Å². The predicted octanol–water partition coefficient (Wildman–Crippen LogP) is 1.82. The first-order chi connectivity index (χ1) is 9.63. The van der Waals surface area contributed by atoms with Gasteiger partial charge in [-0.2, -0.15) is 4.98 Å². The summed E-state index contributed by atoms with van der Waals surface area (Å²) >= 11 is 0. The zero-order valence-corrected chi connectivity index (χ0v) is 11.9. The van der Waals surface area contributed by atoms with Crippen LogP contribution >= 0.6 is 0 Å². The molecule has 20 heavy (non-hydrogen) atoms. The van der Waals surface area contributed by atoms with Crippen LogP contribution in [0.5, 0.6) is 0 Å². The van der Waals surface area contributed by atoms with Crippen LogP contribution in [0.3, 0.4) is 0 Å². The van der Waals surface area contributed by atoms with Crippen LogP contribution in [-0.2, 0) is 6.54 Å². The molecule has 0 saturated carbocycles. The van der Waals surface area contributed by atoms with Crippen LogP contribution in [-0.4, -0.2) is 34.2 Å². The molecule has 1 aliphatic heterocycles. The van der Waals surface area contributed by atoms with E-state index in [1.54, 1.807) is 0 Å². The van der Waals surface area contributed by atoms with Crippen LogP contribution in [0.25, 0.3) is 11.4 Å². The first kappa shape index (κ1) is 13.3. The van der Waals surface area contributed by atoms with Gasteiger partial charge in [-0.1, -0.05) is 36.3 Å². The van der Waals surface area contributed by atoms with Crippen molar-refractivity contribution in [1.82, 2.24) is 15.0 Å². The first-order valence-electron chi connectivity index (χ1n) is 7.00. The second-order valence-electron chi connectivity index (χ2n) is 5.66. The van der Waals surface area contributed by atoms with Gasteiger partial charge < -0.3 is 10.3 Å². The molecule has 0 bridgehead atoms. The highest BCUT2D eigenvalue weighted by atomic mass is 16.5. The van der Waals surface area contributed by atoms with E-state index in [2.05, 4.69) is 22.0 Å². The topological polar surface area (TPSA) is 68.2 Å². The maximum atomic E-state index is 6.03. The molecule has 2 unspecified atom stereocenters. The van der Waals surface area contributed by atoms with E-state index in [4.69, 9.17) is 10.3 Å². The summed E-state index contributed by atoms with van der Waals surface area (Å²) in [5.74, 6) is 1.84. The third kappa shape index (κ3) is 2.59. The minimum atomic E-state index is 0.244. The van der Waals surface area contributed by atoms with Crippen LogP contribution in [0.15, 0.2) is 28.8 Å². The van der Waals surface area contributed by atoms with Gasteiger partial charge in [0.05, 0.1) is 6.54 Å². The highest BCUT2D eigenvalue weighted by Gasteiger charge is 2.27. The van der Waals surface area contributed by atoms with E-state index >= 15 is 0 Å². The first-order valence-corrected chi connectivity index (χ1v) is 7.00. The quantitative estimate of drug-likeness (QED) is 0.923. The van der Waals surface area contributed by atoms with Crippen molar-refractivity contribution in [2.24, 2.45) is 11.7 Å². The minimum Gasteiger partial charge on any atom is -0.338 e. The summed E-state index contributed by atoms with van der Waals surface area (Å²) in [6, 6.07) is 8.30. The van der Waals surface area contributed by atoms with E-state index in [1.165, 1.54) is 0 Å². The summed E-state index contributed by atoms with van der Waals surface area (Å²) in [5, 5.41) is 4.08. The Morgan fingerprint density at radius 3 is 2.85 bits per heavy atom.